The second-order valence-electron chi connectivity index (χ2n) is 3.64. The maximum absolute atomic E-state index is 11.7. The van der Waals surface area contributed by atoms with E-state index in [9.17, 15) is 9.90 Å². The first kappa shape index (κ1) is 13.5. The molecule has 0 radical (unpaired) electrons. The van der Waals surface area contributed by atoms with Crippen molar-refractivity contribution in [2.45, 2.75) is 0 Å². The van der Waals surface area contributed by atoms with E-state index in [-0.39, 0.29) is 11.7 Å². The maximum Gasteiger partial charge on any atom is 0.271 e. The predicted octanol–water partition coefficient (Wildman–Crippen LogP) is 2.16. The fourth-order valence-corrected chi connectivity index (χ4v) is 1.87. The number of hydrazone groups is 1. The SMILES string of the molecule is O=C(N/N=C/c1cc(I)ccc1O)c1ccncc1. The molecule has 1 aromatic carbocycles. The molecule has 0 spiro atoms. The summed E-state index contributed by atoms with van der Waals surface area (Å²) >= 11 is 2.13. The third-order valence-electron chi connectivity index (χ3n) is 2.30. The van der Waals surface area contributed by atoms with Gasteiger partial charge in [-0.15, -0.1) is 0 Å². The third-order valence-corrected chi connectivity index (χ3v) is 2.97. The van der Waals surface area contributed by atoms with Crippen molar-refractivity contribution in [3.8, 4) is 5.75 Å². The number of amides is 1. The van der Waals surface area contributed by atoms with Gasteiger partial charge in [0.1, 0.15) is 5.75 Å². The monoisotopic (exact) mass is 367 g/mol. The van der Waals surface area contributed by atoms with Gasteiger partial charge < -0.3 is 5.11 Å². The first-order valence-electron chi connectivity index (χ1n) is 5.39. The summed E-state index contributed by atoms with van der Waals surface area (Å²) in [7, 11) is 0. The van der Waals surface area contributed by atoms with Gasteiger partial charge in [0.2, 0.25) is 0 Å². The molecule has 2 N–H and O–H groups in total. The van der Waals surface area contributed by atoms with Gasteiger partial charge in [0, 0.05) is 27.1 Å². The van der Waals surface area contributed by atoms with Gasteiger partial charge in [0.05, 0.1) is 6.21 Å². The number of halogens is 1. The van der Waals surface area contributed by atoms with Crippen LogP contribution in [0.3, 0.4) is 0 Å². The molecule has 0 aliphatic carbocycles. The molecule has 0 fully saturated rings. The Labute approximate surface area is 123 Å². The Hall–Kier alpha value is -1.96. The highest BCUT2D eigenvalue weighted by atomic mass is 127. The van der Waals surface area contributed by atoms with Crippen molar-refractivity contribution in [1.29, 1.82) is 0 Å². The minimum atomic E-state index is -0.330. The minimum Gasteiger partial charge on any atom is -0.507 e. The van der Waals surface area contributed by atoms with Gasteiger partial charge in [-0.2, -0.15) is 5.10 Å². The van der Waals surface area contributed by atoms with E-state index in [2.05, 4.69) is 38.1 Å². The van der Waals surface area contributed by atoms with Gasteiger partial charge in [0.25, 0.3) is 5.91 Å². The van der Waals surface area contributed by atoms with Crippen LogP contribution in [0, 0.1) is 3.57 Å². The van der Waals surface area contributed by atoms with Crippen LogP contribution in [0.25, 0.3) is 0 Å². The van der Waals surface area contributed by atoms with Crippen LogP contribution in [0.5, 0.6) is 5.75 Å². The molecule has 0 saturated carbocycles. The highest BCUT2D eigenvalue weighted by Gasteiger charge is 2.03. The summed E-state index contributed by atoms with van der Waals surface area (Å²) in [5.74, 6) is -0.217. The van der Waals surface area contributed by atoms with E-state index < -0.39 is 0 Å². The molecule has 0 bridgehead atoms. The fraction of sp³-hybridized carbons (Fsp3) is 0. The summed E-state index contributed by atoms with van der Waals surface area (Å²) in [6.07, 6.45) is 4.46. The Kier molecular flexibility index (Phi) is 4.45. The van der Waals surface area contributed by atoms with E-state index in [1.165, 1.54) is 18.6 Å². The zero-order chi connectivity index (χ0) is 13.7. The summed E-state index contributed by atoms with van der Waals surface area (Å²) in [5, 5.41) is 13.4. The number of hydrogen-bond acceptors (Lipinski definition) is 4. The molecule has 5 nitrogen and oxygen atoms in total. The molecular weight excluding hydrogens is 357 g/mol. The van der Waals surface area contributed by atoms with Crippen LogP contribution in [0.1, 0.15) is 15.9 Å². The Bertz CT molecular complexity index is 615. The Morgan fingerprint density at radius 3 is 2.79 bits per heavy atom. The third kappa shape index (κ3) is 3.75. The average Bonchev–Trinajstić information content (AvgIpc) is 2.43. The summed E-state index contributed by atoms with van der Waals surface area (Å²) in [4.78, 5) is 15.5. The van der Waals surface area contributed by atoms with Crippen molar-refractivity contribution >= 4 is 34.7 Å². The van der Waals surface area contributed by atoms with Gasteiger partial charge in [-0.05, 0) is 52.9 Å². The molecule has 0 unspecified atom stereocenters. The zero-order valence-electron chi connectivity index (χ0n) is 9.75. The van der Waals surface area contributed by atoms with Crippen molar-refractivity contribution in [2.75, 3.05) is 0 Å². The predicted molar refractivity (Wildman–Crippen MR) is 80.1 cm³/mol. The molecule has 6 heteroatoms. The van der Waals surface area contributed by atoms with E-state index in [0.717, 1.165) is 3.57 Å². The first-order chi connectivity index (χ1) is 9.16. The molecular formula is C13H10IN3O2. The molecule has 1 aromatic heterocycles. The standard InChI is InChI=1S/C13H10IN3O2/c14-11-1-2-12(18)10(7-11)8-16-17-13(19)9-3-5-15-6-4-9/h1-8,18H,(H,17,19)/b16-8+. The number of carbonyl (C=O) groups is 1. The number of phenolic OH excluding ortho intramolecular Hbond substituents is 1. The largest absolute Gasteiger partial charge is 0.507 e. The van der Waals surface area contributed by atoms with Gasteiger partial charge in [0.15, 0.2) is 0 Å². The summed E-state index contributed by atoms with van der Waals surface area (Å²) in [6, 6.07) is 8.30. The lowest BCUT2D eigenvalue weighted by Gasteiger charge is -2.00. The lowest BCUT2D eigenvalue weighted by atomic mass is 10.2. The molecule has 1 amide bonds. The van der Waals surface area contributed by atoms with Crippen molar-refractivity contribution in [3.05, 3.63) is 57.4 Å². The average molecular weight is 367 g/mol. The normalized spacial score (nSPS) is 10.6. The van der Waals surface area contributed by atoms with Crippen LogP contribution in [0.4, 0.5) is 0 Å². The number of pyridine rings is 1. The van der Waals surface area contributed by atoms with Crippen molar-refractivity contribution < 1.29 is 9.90 Å². The minimum absolute atomic E-state index is 0.113. The van der Waals surface area contributed by atoms with Crippen molar-refractivity contribution in [2.24, 2.45) is 5.10 Å². The number of aromatic hydroxyl groups is 1. The number of aromatic nitrogens is 1. The number of benzene rings is 1. The Morgan fingerprint density at radius 2 is 2.05 bits per heavy atom. The molecule has 19 heavy (non-hydrogen) atoms. The molecule has 2 aromatic rings. The number of rotatable bonds is 3. The number of nitrogens with zero attached hydrogens (tertiary/aromatic N) is 2. The highest BCUT2D eigenvalue weighted by Crippen LogP contribution is 2.17. The fourth-order valence-electron chi connectivity index (χ4n) is 1.36. The number of hydrogen-bond donors (Lipinski definition) is 2. The van der Waals surface area contributed by atoms with Crippen LogP contribution in [-0.4, -0.2) is 22.2 Å². The Balaban J connectivity index is 2.04. The second-order valence-corrected chi connectivity index (χ2v) is 4.88. The molecule has 2 rings (SSSR count). The molecule has 0 aliphatic rings. The number of carbonyl (C=O) groups excluding carboxylic acids is 1. The van der Waals surface area contributed by atoms with Crippen molar-refractivity contribution in [1.82, 2.24) is 10.4 Å². The molecule has 0 saturated heterocycles. The summed E-state index contributed by atoms with van der Waals surface area (Å²) in [6.45, 7) is 0. The maximum atomic E-state index is 11.7. The Morgan fingerprint density at radius 1 is 1.32 bits per heavy atom. The summed E-state index contributed by atoms with van der Waals surface area (Å²) < 4.78 is 0.970. The smallest absolute Gasteiger partial charge is 0.271 e. The van der Waals surface area contributed by atoms with E-state index in [1.54, 1.807) is 30.3 Å². The van der Waals surface area contributed by atoms with Crippen LogP contribution >= 0.6 is 22.6 Å². The number of nitrogens with one attached hydrogen (secondary N) is 1. The van der Waals surface area contributed by atoms with Crippen LogP contribution < -0.4 is 5.43 Å². The topological polar surface area (TPSA) is 74.6 Å². The van der Waals surface area contributed by atoms with Crippen LogP contribution in [0.2, 0.25) is 0 Å². The molecule has 0 aliphatic heterocycles. The van der Waals surface area contributed by atoms with Crippen LogP contribution in [0.15, 0.2) is 47.8 Å². The second kappa shape index (κ2) is 6.28. The van der Waals surface area contributed by atoms with E-state index in [4.69, 9.17) is 0 Å². The van der Waals surface area contributed by atoms with Gasteiger partial charge in [-0.25, -0.2) is 5.43 Å². The van der Waals surface area contributed by atoms with Gasteiger partial charge >= 0.3 is 0 Å². The summed E-state index contributed by atoms with van der Waals surface area (Å²) in [5.41, 5.74) is 3.40. The first-order valence-corrected chi connectivity index (χ1v) is 6.46. The molecule has 0 atom stereocenters. The molecule has 96 valence electrons. The van der Waals surface area contributed by atoms with Crippen molar-refractivity contribution in [3.63, 3.8) is 0 Å². The lowest BCUT2D eigenvalue weighted by molar-refractivity contribution is 0.0955. The van der Waals surface area contributed by atoms with E-state index >= 15 is 0 Å². The quantitative estimate of drug-likeness (QED) is 0.496. The highest BCUT2D eigenvalue weighted by molar-refractivity contribution is 14.1. The van der Waals surface area contributed by atoms with Gasteiger partial charge in [-0.1, -0.05) is 0 Å². The lowest BCUT2D eigenvalue weighted by Crippen LogP contribution is -2.17. The van der Waals surface area contributed by atoms with Crippen LogP contribution in [-0.2, 0) is 0 Å². The van der Waals surface area contributed by atoms with E-state index in [0.29, 0.717) is 11.1 Å². The van der Waals surface area contributed by atoms with Gasteiger partial charge in [-0.3, -0.25) is 9.78 Å². The number of phenols is 1. The zero-order valence-corrected chi connectivity index (χ0v) is 11.9. The van der Waals surface area contributed by atoms with E-state index in [1.807, 2.05) is 0 Å². The molecule has 1 heterocycles.